The summed E-state index contributed by atoms with van der Waals surface area (Å²) in [6, 6.07) is 13.7. The van der Waals surface area contributed by atoms with Crippen LogP contribution >= 0.6 is 0 Å². The van der Waals surface area contributed by atoms with Crippen molar-refractivity contribution >= 4 is 16.6 Å². The van der Waals surface area contributed by atoms with Gasteiger partial charge < -0.3 is 4.74 Å². The summed E-state index contributed by atoms with van der Waals surface area (Å²) in [4.78, 5) is 11.8. The van der Waals surface area contributed by atoms with E-state index in [2.05, 4.69) is 0 Å². The van der Waals surface area contributed by atoms with Gasteiger partial charge in [0.2, 0.25) is 0 Å². The molecule has 0 saturated carbocycles. The number of hydrogen-bond acceptors (Lipinski definition) is 2. The van der Waals surface area contributed by atoms with E-state index in [1.807, 2.05) is 42.5 Å². The molecule has 0 aliphatic carbocycles. The Morgan fingerprint density at radius 1 is 1.10 bits per heavy atom. The highest BCUT2D eigenvalue weighted by Gasteiger charge is 2.08. The van der Waals surface area contributed by atoms with Crippen molar-refractivity contribution in [3.05, 3.63) is 48.0 Å². The quantitative estimate of drug-likeness (QED) is 0.723. The number of hydrogen-bond donors (Lipinski definition) is 0. The van der Waals surface area contributed by atoms with E-state index >= 15 is 0 Å². The van der Waals surface area contributed by atoms with Gasteiger partial charge in [-0.15, -0.1) is 0 Å². The molecular formula is C16H16F2O2. The molecule has 0 radical (unpaired) electrons. The molecule has 0 fully saturated rings. The molecular weight excluding hydrogens is 262 g/mol. The lowest BCUT2D eigenvalue weighted by atomic mass is 10.00. The lowest BCUT2D eigenvalue weighted by Crippen LogP contribution is -2.11. The number of fused-ring (bicyclic) bond motifs is 1. The SMILES string of the molecule is O=C(CCOCC(F)F)Cc1cccc2ccccc12. The Hall–Kier alpha value is -1.81. The van der Waals surface area contributed by atoms with E-state index in [1.165, 1.54) is 0 Å². The Bertz CT molecular complexity index is 576. The van der Waals surface area contributed by atoms with Crippen LogP contribution in [0.5, 0.6) is 0 Å². The van der Waals surface area contributed by atoms with Crippen molar-refractivity contribution in [3.8, 4) is 0 Å². The molecule has 0 bridgehead atoms. The zero-order valence-corrected chi connectivity index (χ0v) is 11.0. The molecule has 4 heteroatoms. The van der Waals surface area contributed by atoms with Crippen LogP contribution in [-0.2, 0) is 16.0 Å². The van der Waals surface area contributed by atoms with Crippen molar-refractivity contribution in [1.82, 2.24) is 0 Å². The van der Waals surface area contributed by atoms with Gasteiger partial charge in [0, 0.05) is 12.8 Å². The maximum absolute atomic E-state index is 11.9. The summed E-state index contributed by atoms with van der Waals surface area (Å²) in [5.74, 6) is -0.00406. The number of benzene rings is 2. The van der Waals surface area contributed by atoms with Gasteiger partial charge >= 0.3 is 0 Å². The van der Waals surface area contributed by atoms with Gasteiger partial charge in [0.15, 0.2) is 0 Å². The molecule has 0 aliphatic heterocycles. The van der Waals surface area contributed by atoms with Crippen LogP contribution in [0.2, 0.25) is 0 Å². The molecule has 0 unspecified atom stereocenters. The second kappa shape index (κ2) is 7.10. The van der Waals surface area contributed by atoms with Crippen molar-refractivity contribution in [1.29, 1.82) is 0 Å². The molecule has 106 valence electrons. The first-order valence-electron chi connectivity index (χ1n) is 6.51. The summed E-state index contributed by atoms with van der Waals surface area (Å²) < 4.78 is 28.5. The van der Waals surface area contributed by atoms with Crippen LogP contribution in [0.3, 0.4) is 0 Å². The highest BCUT2D eigenvalue weighted by Crippen LogP contribution is 2.19. The van der Waals surface area contributed by atoms with E-state index in [4.69, 9.17) is 4.74 Å². The fraction of sp³-hybridized carbons (Fsp3) is 0.312. The van der Waals surface area contributed by atoms with Gasteiger partial charge in [0.05, 0.1) is 6.61 Å². The highest BCUT2D eigenvalue weighted by atomic mass is 19.3. The molecule has 2 aromatic rings. The van der Waals surface area contributed by atoms with Crippen LogP contribution in [0, 0.1) is 0 Å². The Balaban J connectivity index is 1.93. The molecule has 2 rings (SSSR count). The van der Waals surface area contributed by atoms with E-state index in [9.17, 15) is 13.6 Å². The standard InChI is InChI=1S/C16H16F2O2/c17-16(18)11-20-9-8-14(19)10-13-6-3-5-12-4-1-2-7-15(12)13/h1-7,16H,8-11H2. The molecule has 0 heterocycles. The molecule has 0 aromatic heterocycles. The van der Waals surface area contributed by atoms with E-state index in [0.717, 1.165) is 16.3 Å². The van der Waals surface area contributed by atoms with Gasteiger partial charge in [-0.3, -0.25) is 4.79 Å². The van der Waals surface area contributed by atoms with Crippen molar-refractivity contribution in [3.63, 3.8) is 0 Å². The van der Waals surface area contributed by atoms with Crippen LogP contribution in [0.1, 0.15) is 12.0 Å². The number of carbonyl (C=O) groups excluding carboxylic acids is 1. The normalized spacial score (nSPS) is 11.2. The maximum atomic E-state index is 11.9. The van der Waals surface area contributed by atoms with Crippen molar-refractivity contribution in [2.24, 2.45) is 0 Å². The van der Waals surface area contributed by atoms with E-state index in [0.29, 0.717) is 6.42 Å². The molecule has 0 spiro atoms. The number of ether oxygens (including phenoxy) is 1. The predicted molar refractivity (Wildman–Crippen MR) is 74.1 cm³/mol. The number of Topliss-reactive ketones (excluding diaryl/α,β-unsaturated/α-hetero) is 1. The second-order valence-corrected chi connectivity index (χ2v) is 4.57. The summed E-state index contributed by atoms with van der Waals surface area (Å²) in [7, 11) is 0. The number of ketones is 1. The van der Waals surface area contributed by atoms with Gasteiger partial charge in [-0.2, -0.15) is 0 Å². The lowest BCUT2D eigenvalue weighted by molar-refractivity contribution is -0.119. The second-order valence-electron chi connectivity index (χ2n) is 4.57. The molecule has 20 heavy (non-hydrogen) atoms. The topological polar surface area (TPSA) is 26.3 Å². The molecule has 0 amide bonds. The minimum absolute atomic E-state index is 0.00406. The Labute approximate surface area is 116 Å². The van der Waals surface area contributed by atoms with E-state index in [1.54, 1.807) is 0 Å². The fourth-order valence-corrected chi connectivity index (χ4v) is 2.11. The van der Waals surface area contributed by atoms with Crippen molar-refractivity contribution < 1.29 is 18.3 Å². The average Bonchev–Trinajstić information content (AvgIpc) is 2.44. The monoisotopic (exact) mass is 278 g/mol. The third-order valence-electron chi connectivity index (χ3n) is 3.04. The van der Waals surface area contributed by atoms with Crippen LogP contribution in [0.25, 0.3) is 10.8 Å². The minimum Gasteiger partial charge on any atom is -0.375 e. The zero-order valence-electron chi connectivity index (χ0n) is 11.0. The summed E-state index contributed by atoms with van der Waals surface area (Å²) in [6.45, 7) is -0.560. The molecule has 2 nitrogen and oxygen atoms in total. The first-order chi connectivity index (χ1) is 9.66. The van der Waals surface area contributed by atoms with Crippen LogP contribution in [0.4, 0.5) is 8.78 Å². The third kappa shape index (κ3) is 4.10. The molecule has 0 aliphatic rings. The molecule has 2 aromatic carbocycles. The van der Waals surface area contributed by atoms with Gasteiger partial charge in [0.25, 0.3) is 6.43 Å². The summed E-state index contributed by atoms with van der Waals surface area (Å²) in [5.41, 5.74) is 0.960. The zero-order chi connectivity index (χ0) is 14.4. The van der Waals surface area contributed by atoms with Gasteiger partial charge in [-0.25, -0.2) is 8.78 Å². The fourth-order valence-electron chi connectivity index (χ4n) is 2.11. The summed E-state index contributed by atoms with van der Waals surface area (Å²) >= 11 is 0. The number of rotatable bonds is 7. The van der Waals surface area contributed by atoms with Crippen LogP contribution in [0.15, 0.2) is 42.5 Å². The lowest BCUT2D eigenvalue weighted by Gasteiger charge is -2.06. The molecule has 0 N–H and O–H groups in total. The first-order valence-corrected chi connectivity index (χ1v) is 6.51. The predicted octanol–water partition coefficient (Wildman–Crippen LogP) is 3.62. The van der Waals surface area contributed by atoms with Crippen LogP contribution < -0.4 is 0 Å². The van der Waals surface area contributed by atoms with Crippen LogP contribution in [-0.4, -0.2) is 25.4 Å². The Morgan fingerprint density at radius 3 is 2.65 bits per heavy atom. The number of halogens is 2. The number of alkyl halides is 2. The first kappa shape index (κ1) is 14.6. The maximum Gasteiger partial charge on any atom is 0.261 e. The average molecular weight is 278 g/mol. The van der Waals surface area contributed by atoms with E-state index in [-0.39, 0.29) is 18.8 Å². The summed E-state index contributed by atoms with van der Waals surface area (Å²) in [6.07, 6.45) is -2.02. The summed E-state index contributed by atoms with van der Waals surface area (Å²) in [5, 5.41) is 2.14. The van der Waals surface area contributed by atoms with Gasteiger partial charge in [0.1, 0.15) is 12.4 Å². The molecule has 0 saturated heterocycles. The largest absolute Gasteiger partial charge is 0.375 e. The van der Waals surface area contributed by atoms with Crippen molar-refractivity contribution in [2.45, 2.75) is 19.3 Å². The number of carbonyl (C=O) groups is 1. The third-order valence-corrected chi connectivity index (χ3v) is 3.04. The van der Waals surface area contributed by atoms with Crippen molar-refractivity contribution in [2.75, 3.05) is 13.2 Å². The Kier molecular flexibility index (Phi) is 5.18. The van der Waals surface area contributed by atoms with E-state index < -0.39 is 13.0 Å². The Morgan fingerprint density at radius 2 is 1.85 bits per heavy atom. The van der Waals surface area contributed by atoms with Gasteiger partial charge in [-0.1, -0.05) is 42.5 Å². The molecule has 0 atom stereocenters. The highest BCUT2D eigenvalue weighted by molar-refractivity contribution is 5.90. The smallest absolute Gasteiger partial charge is 0.261 e. The minimum atomic E-state index is -2.48. The van der Waals surface area contributed by atoms with Gasteiger partial charge in [-0.05, 0) is 16.3 Å².